The average molecular weight is 382 g/mol. The van der Waals surface area contributed by atoms with Crippen molar-refractivity contribution in [3.05, 3.63) is 16.3 Å². The molecule has 0 radical (unpaired) electrons. The van der Waals surface area contributed by atoms with Crippen molar-refractivity contribution in [1.82, 2.24) is 15.3 Å². The van der Waals surface area contributed by atoms with Gasteiger partial charge in [-0.1, -0.05) is 0 Å². The summed E-state index contributed by atoms with van der Waals surface area (Å²) in [5.74, 6) is 0.342. The van der Waals surface area contributed by atoms with Gasteiger partial charge < -0.3 is 20.7 Å². The van der Waals surface area contributed by atoms with Crippen LogP contribution in [0, 0.1) is 10.1 Å². The Bertz CT molecular complexity index is 692. The number of nitro groups is 1. The van der Waals surface area contributed by atoms with E-state index >= 15 is 0 Å². The van der Waals surface area contributed by atoms with Crippen LogP contribution in [0.2, 0.25) is 0 Å². The van der Waals surface area contributed by atoms with E-state index in [2.05, 4.69) is 25.9 Å². The molecule has 0 unspecified atom stereocenters. The third-order valence-electron chi connectivity index (χ3n) is 2.99. The number of aromatic nitrogens is 2. The number of ether oxygens (including phenoxy) is 1. The molecule has 0 atom stereocenters. The number of anilines is 2. The van der Waals surface area contributed by atoms with Crippen LogP contribution in [0.1, 0.15) is 55.4 Å². The van der Waals surface area contributed by atoms with Gasteiger partial charge in [-0.25, -0.2) is 9.78 Å². The van der Waals surface area contributed by atoms with Gasteiger partial charge in [0.2, 0.25) is 11.8 Å². The molecular weight excluding hydrogens is 352 g/mol. The molecule has 1 aromatic rings. The van der Waals surface area contributed by atoms with Gasteiger partial charge in [-0.15, -0.1) is 0 Å². The summed E-state index contributed by atoms with van der Waals surface area (Å²) in [7, 11) is 0. The minimum atomic E-state index is -0.737. The molecule has 27 heavy (non-hydrogen) atoms. The molecule has 0 aliphatic rings. The first-order valence-electron chi connectivity index (χ1n) is 8.63. The van der Waals surface area contributed by atoms with E-state index in [1.165, 1.54) is 0 Å². The number of nitrogens with one attached hydrogen (secondary N) is 3. The molecule has 0 fully saturated rings. The zero-order valence-electron chi connectivity index (χ0n) is 17.3. The summed E-state index contributed by atoms with van der Waals surface area (Å²) in [6.07, 6.45) is 0.583. The van der Waals surface area contributed by atoms with Gasteiger partial charge in [-0.3, -0.25) is 10.1 Å². The quantitative estimate of drug-likeness (QED) is 0.504. The van der Waals surface area contributed by atoms with Gasteiger partial charge in [0.25, 0.3) is 0 Å². The van der Waals surface area contributed by atoms with Crippen molar-refractivity contribution in [1.29, 1.82) is 0 Å². The lowest BCUT2D eigenvalue weighted by Crippen LogP contribution is -2.50. The van der Waals surface area contributed by atoms with Gasteiger partial charge in [-0.05, 0) is 55.4 Å². The molecule has 0 aromatic carbocycles. The fourth-order valence-electron chi connectivity index (χ4n) is 1.96. The van der Waals surface area contributed by atoms with Crippen LogP contribution in [0.25, 0.3) is 0 Å². The third kappa shape index (κ3) is 8.52. The third-order valence-corrected chi connectivity index (χ3v) is 2.99. The molecule has 0 bridgehead atoms. The first-order valence-corrected chi connectivity index (χ1v) is 8.63. The van der Waals surface area contributed by atoms with Crippen molar-refractivity contribution in [2.45, 2.75) is 72.1 Å². The Morgan fingerprint density at radius 3 is 2.26 bits per heavy atom. The van der Waals surface area contributed by atoms with Crippen molar-refractivity contribution in [2.24, 2.45) is 0 Å². The minimum Gasteiger partial charge on any atom is -0.444 e. The number of amides is 1. The molecule has 1 rings (SSSR count). The highest BCUT2D eigenvalue weighted by Gasteiger charge is 2.26. The van der Waals surface area contributed by atoms with Gasteiger partial charge in [-0.2, -0.15) is 4.98 Å². The largest absolute Gasteiger partial charge is 0.444 e. The highest BCUT2D eigenvalue weighted by molar-refractivity contribution is 5.69. The zero-order valence-corrected chi connectivity index (χ0v) is 17.3. The summed E-state index contributed by atoms with van der Waals surface area (Å²) in [5.41, 5.74) is -1.90. The molecule has 10 nitrogen and oxygen atoms in total. The van der Waals surface area contributed by atoms with Crippen LogP contribution in [0.15, 0.2) is 6.20 Å². The summed E-state index contributed by atoms with van der Waals surface area (Å²) in [6.45, 7) is 14.8. The van der Waals surface area contributed by atoms with Crippen LogP contribution < -0.4 is 16.0 Å². The molecule has 3 N–H and O–H groups in total. The maximum Gasteiger partial charge on any atom is 0.408 e. The summed E-state index contributed by atoms with van der Waals surface area (Å²) < 4.78 is 5.24. The van der Waals surface area contributed by atoms with Gasteiger partial charge in [0.1, 0.15) is 11.8 Å². The first-order chi connectivity index (χ1) is 12.1. The molecule has 0 saturated heterocycles. The topological polar surface area (TPSA) is 131 Å². The smallest absolute Gasteiger partial charge is 0.408 e. The van der Waals surface area contributed by atoms with Crippen molar-refractivity contribution in [2.75, 3.05) is 17.2 Å². The lowest BCUT2D eigenvalue weighted by Gasteiger charge is -2.29. The molecule has 0 aliphatic carbocycles. The molecule has 1 heterocycles. The lowest BCUT2D eigenvalue weighted by atomic mass is 10.1. The molecule has 0 saturated carbocycles. The van der Waals surface area contributed by atoms with E-state index in [1.807, 2.05) is 20.8 Å². The standard InChI is InChI=1S/C17H30N6O4/c1-15(2,3)21-13-18-9-11(23(25)26)12(20-13)19-10-17(7,8)22-14(24)27-16(4,5)6/h9H,10H2,1-8H3,(H,22,24)(H2,18,19,20,21). The summed E-state index contributed by atoms with van der Waals surface area (Å²) in [5, 5.41) is 20.0. The van der Waals surface area contributed by atoms with E-state index < -0.39 is 22.2 Å². The number of hydrogen-bond acceptors (Lipinski definition) is 8. The van der Waals surface area contributed by atoms with E-state index in [9.17, 15) is 14.9 Å². The number of hydrogen-bond donors (Lipinski definition) is 3. The highest BCUT2D eigenvalue weighted by atomic mass is 16.6. The van der Waals surface area contributed by atoms with Crippen LogP contribution in [0.4, 0.5) is 22.2 Å². The second-order valence-corrected chi connectivity index (χ2v) is 8.92. The van der Waals surface area contributed by atoms with E-state index in [4.69, 9.17) is 4.74 Å². The maximum absolute atomic E-state index is 12.0. The van der Waals surface area contributed by atoms with Crippen molar-refractivity contribution in [3.8, 4) is 0 Å². The van der Waals surface area contributed by atoms with Crippen molar-refractivity contribution >= 4 is 23.5 Å². The Labute approximate surface area is 159 Å². The summed E-state index contributed by atoms with van der Waals surface area (Å²) >= 11 is 0. The Balaban J connectivity index is 2.90. The van der Waals surface area contributed by atoms with Crippen LogP contribution in [0.5, 0.6) is 0 Å². The molecular formula is C17H30N6O4. The van der Waals surface area contributed by atoms with Crippen LogP contribution >= 0.6 is 0 Å². The van der Waals surface area contributed by atoms with Gasteiger partial charge in [0.15, 0.2) is 0 Å². The lowest BCUT2D eigenvalue weighted by molar-refractivity contribution is -0.384. The van der Waals surface area contributed by atoms with Crippen LogP contribution in [-0.2, 0) is 4.74 Å². The number of carbonyl (C=O) groups excluding carboxylic acids is 1. The number of alkyl carbamates (subject to hydrolysis) is 1. The van der Waals surface area contributed by atoms with Crippen molar-refractivity contribution in [3.63, 3.8) is 0 Å². The number of nitrogens with zero attached hydrogens (tertiary/aromatic N) is 3. The molecule has 0 spiro atoms. The zero-order chi connectivity index (χ0) is 21.0. The number of rotatable bonds is 6. The normalized spacial score (nSPS) is 12.3. The molecule has 0 aliphatic heterocycles. The first kappa shape index (κ1) is 22.4. The molecule has 1 amide bonds. The van der Waals surface area contributed by atoms with Crippen LogP contribution in [-0.4, -0.2) is 44.2 Å². The monoisotopic (exact) mass is 382 g/mol. The second-order valence-electron chi connectivity index (χ2n) is 8.92. The predicted molar refractivity (Wildman–Crippen MR) is 104 cm³/mol. The Kier molecular flexibility index (Phi) is 6.58. The highest BCUT2D eigenvalue weighted by Crippen LogP contribution is 2.24. The van der Waals surface area contributed by atoms with Gasteiger partial charge in [0.05, 0.1) is 10.5 Å². The Morgan fingerprint density at radius 2 is 1.78 bits per heavy atom. The van der Waals surface area contributed by atoms with E-state index in [-0.39, 0.29) is 29.5 Å². The van der Waals surface area contributed by atoms with Crippen LogP contribution in [0.3, 0.4) is 0 Å². The average Bonchev–Trinajstić information content (AvgIpc) is 2.40. The molecule has 152 valence electrons. The summed E-state index contributed by atoms with van der Waals surface area (Å²) in [4.78, 5) is 30.8. The SMILES string of the molecule is CC(C)(C)Nc1ncc([N+](=O)[O-])c(NCC(C)(C)NC(=O)OC(C)(C)C)n1. The number of carbonyl (C=O) groups is 1. The second kappa shape index (κ2) is 7.93. The van der Waals surface area contributed by atoms with E-state index in [0.29, 0.717) is 0 Å². The maximum atomic E-state index is 12.0. The van der Waals surface area contributed by atoms with Crippen molar-refractivity contribution < 1.29 is 14.5 Å². The predicted octanol–water partition coefficient (Wildman–Crippen LogP) is 3.31. The van der Waals surface area contributed by atoms with Gasteiger partial charge >= 0.3 is 11.8 Å². The van der Waals surface area contributed by atoms with Gasteiger partial charge in [0, 0.05) is 12.1 Å². The molecule has 10 heteroatoms. The molecule has 1 aromatic heterocycles. The fourth-order valence-corrected chi connectivity index (χ4v) is 1.96. The Hall–Kier alpha value is -2.65. The van der Waals surface area contributed by atoms with E-state index in [0.717, 1.165) is 6.20 Å². The minimum absolute atomic E-state index is 0.0702. The Morgan fingerprint density at radius 1 is 1.19 bits per heavy atom. The fraction of sp³-hybridized carbons (Fsp3) is 0.706. The summed E-state index contributed by atoms with van der Waals surface area (Å²) in [6, 6.07) is 0. The van der Waals surface area contributed by atoms with E-state index in [1.54, 1.807) is 34.6 Å².